The fraction of sp³-hybridized carbons (Fsp3) is 0.273. The Kier molecular flexibility index (Phi) is 3.07. The Morgan fingerprint density at radius 3 is 3.00 bits per heavy atom. The van der Waals surface area contributed by atoms with Gasteiger partial charge in [0.05, 0.1) is 29.9 Å². The van der Waals surface area contributed by atoms with Crippen molar-refractivity contribution in [2.45, 2.75) is 19.6 Å². The second kappa shape index (κ2) is 4.35. The van der Waals surface area contributed by atoms with Crippen LogP contribution in [-0.4, -0.2) is 20.8 Å². The molecule has 1 atom stereocenters. The summed E-state index contributed by atoms with van der Waals surface area (Å²) in [6.07, 6.45) is 0.898. The smallest absolute Gasteiger partial charge is 0.261 e. The van der Waals surface area contributed by atoms with Crippen LogP contribution in [-0.2, 0) is 6.54 Å². The van der Waals surface area contributed by atoms with Gasteiger partial charge in [-0.25, -0.2) is 4.98 Å². The van der Waals surface area contributed by atoms with E-state index in [4.69, 9.17) is 0 Å². The topological polar surface area (TPSA) is 55.1 Å². The monoisotopic (exact) mass is 282 g/mol. The summed E-state index contributed by atoms with van der Waals surface area (Å²) in [5, 5.41) is 9.81. The van der Waals surface area contributed by atoms with Gasteiger partial charge < -0.3 is 5.11 Å². The van der Waals surface area contributed by atoms with Gasteiger partial charge in [0.1, 0.15) is 0 Å². The molecule has 0 aliphatic heterocycles. The molecule has 84 valence electrons. The van der Waals surface area contributed by atoms with Crippen LogP contribution in [0.25, 0.3) is 10.9 Å². The Hall–Kier alpha value is -1.20. The maximum atomic E-state index is 12.0. The lowest BCUT2D eigenvalue weighted by Crippen LogP contribution is -2.25. The summed E-state index contributed by atoms with van der Waals surface area (Å²) < 4.78 is 2.26. The molecule has 0 aliphatic rings. The standard InChI is InChI=1S/C11H11BrN2O2/c1-7(15)5-14-6-13-10-3-2-8(12)4-9(10)11(14)16/h2-4,6-7,15H,5H2,1H3. The minimum atomic E-state index is -0.566. The van der Waals surface area contributed by atoms with Crippen molar-refractivity contribution >= 4 is 26.8 Å². The molecule has 0 bridgehead atoms. The fourth-order valence-electron chi connectivity index (χ4n) is 1.55. The molecule has 16 heavy (non-hydrogen) atoms. The highest BCUT2D eigenvalue weighted by Crippen LogP contribution is 2.14. The van der Waals surface area contributed by atoms with E-state index < -0.39 is 6.10 Å². The number of hydrogen-bond donors (Lipinski definition) is 1. The number of hydrogen-bond acceptors (Lipinski definition) is 3. The van der Waals surface area contributed by atoms with E-state index in [1.54, 1.807) is 19.1 Å². The Balaban J connectivity index is 2.64. The van der Waals surface area contributed by atoms with E-state index >= 15 is 0 Å². The molecule has 0 fully saturated rings. The van der Waals surface area contributed by atoms with Gasteiger partial charge in [0.25, 0.3) is 5.56 Å². The van der Waals surface area contributed by atoms with E-state index in [9.17, 15) is 9.90 Å². The Labute approximate surface area is 101 Å². The number of nitrogens with zero attached hydrogens (tertiary/aromatic N) is 2. The molecule has 2 rings (SSSR count). The zero-order chi connectivity index (χ0) is 11.7. The fourth-order valence-corrected chi connectivity index (χ4v) is 1.91. The maximum absolute atomic E-state index is 12.0. The molecule has 2 aromatic rings. The number of benzene rings is 1. The minimum absolute atomic E-state index is 0.132. The summed E-state index contributed by atoms with van der Waals surface area (Å²) in [6.45, 7) is 1.89. The molecule has 1 unspecified atom stereocenters. The molecule has 1 aromatic heterocycles. The largest absolute Gasteiger partial charge is 0.392 e. The molecule has 1 aromatic carbocycles. The molecule has 0 aliphatic carbocycles. The molecular weight excluding hydrogens is 272 g/mol. The summed E-state index contributed by atoms with van der Waals surface area (Å²) in [5.74, 6) is 0. The SMILES string of the molecule is CC(O)Cn1cnc2ccc(Br)cc2c1=O. The lowest BCUT2D eigenvalue weighted by molar-refractivity contribution is 0.172. The first-order valence-corrected chi connectivity index (χ1v) is 5.70. The van der Waals surface area contributed by atoms with Crippen LogP contribution in [0.4, 0.5) is 0 Å². The van der Waals surface area contributed by atoms with Crippen LogP contribution < -0.4 is 5.56 Å². The average molecular weight is 283 g/mol. The van der Waals surface area contributed by atoms with Gasteiger partial charge in [-0.05, 0) is 25.1 Å². The molecular formula is C11H11BrN2O2. The Morgan fingerprint density at radius 2 is 2.31 bits per heavy atom. The second-order valence-electron chi connectivity index (χ2n) is 3.71. The van der Waals surface area contributed by atoms with Crippen LogP contribution in [0.5, 0.6) is 0 Å². The van der Waals surface area contributed by atoms with Gasteiger partial charge in [-0.2, -0.15) is 0 Å². The van der Waals surface area contributed by atoms with Crippen molar-refractivity contribution in [1.82, 2.24) is 9.55 Å². The summed E-state index contributed by atoms with van der Waals surface area (Å²) in [7, 11) is 0. The minimum Gasteiger partial charge on any atom is -0.392 e. The highest BCUT2D eigenvalue weighted by atomic mass is 79.9. The number of aliphatic hydroxyl groups is 1. The van der Waals surface area contributed by atoms with Crippen molar-refractivity contribution in [1.29, 1.82) is 0 Å². The highest BCUT2D eigenvalue weighted by Gasteiger charge is 2.06. The molecule has 0 saturated carbocycles. The Morgan fingerprint density at radius 1 is 1.56 bits per heavy atom. The molecule has 1 N–H and O–H groups in total. The van der Waals surface area contributed by atoms with E-state index in [1.165, 1.54) is 10.9 Å². The molecule has 4 nitrogen and oxygen atoms in total. The summed E-state index contributed by atoms with van der Waals surface area (Å²) in [6, 6.07) is 5.37. The highest BCUT2D eigenvalue weighted by molar-refractivity contribution is 9.10. The summed E-state index contributed by atoms with van der Waals surface area (Å²) in [5.41, 5.74) is 0.530. The van der Waals surface area contributed by atoms with E-state index in [0.717, 1.165) is 4.47 Å². The van der Waals surface area contributed by atoms with Gasteiger partial charge in [-0.3, -0.25) is 9.36 Å². The third kappa shape index (κ3) is 2.15. The normalized spacial score (nSPS) is 12.9. The van der Waals surface area contributed by atoms with Crippen LogP contribution >= 0.6 is 15.9 Å². The first kappa shape index (κ1) is 11.3. The molecule has 0 amide bonds. The number of aliphatic hydroxyl groups excluding tert-OH is 1. The van der Waals surface area contributed by atoms with E-state index in [-0.39, 0.29) is 12.1 Å². The van der Waals surface area contributed by atoms with Crippen molar-refractivity contribution in [2.24, 2.45) is 0 Å². The van der Waals surface area contributed by atoms with Gasteiger partial charge >= 0.3 is 0 Å². The third-order valence-corrected chi connectivity index (χ3v) is 2.74. The van der Waals surface area contributed by atoms with Gasteiger partial charge in [0, 0.05) is 4.47 Å². The lowest BCUT2D eigenvalue weighted by Gasteiger charge is -2.08. The number of fused-ring (bicyclic) bond motifs is 1. The Bertz CT molecular complexity index is 578. The zero-order valence-electron chi connectivity index (χ0n) is 8.72. The van der Waals surface area contributed by atoms with Crippen molar-refractivity contribution in [3.05, 3.63) is 39.4 Å². The second-order valence-corrected chi connectivity index (χ2v) is 4.63. The average Bonchev–Trinajstić information content (AvgIpc) is 2.22. The maximum Gasteiger partial charge on any atom is 0.261 e. The zero-order valence-corrected chi connectivity index (χ0v) is 10.3. The first-order valence-electron chi connectivity index (χ1n) is 4.90. The predicted octanol–water partition coefficient (Wildman–Crippen LogP) is 1.54. The third-order valence-electron chi connectivity index (χ3n) is 2.25. The van der Waals surface area contributed by atoms with Gasteiger partial charge in [0.2, 0.25) is 0 Å². The quantitative estimate of drug-likeness (QED) is 0.909. The van der Waals surface area contributed by atoms with Crippen molar-refractivity contribution in [3.8, 4) is 0 Å². The molecule has 0 radical (unpaired) electrons. The van der Waals surface area contributed by atoms with Crippen molar-refractivity contribution < 1.29 is 5.11 Å². The van der Waals surface area contributed by atoms with Gasteiger partial charge in [-0.1, -0.05) is 15.9 Å². The molecule has 0 saturated heterocycles. The van der Waals surface area contributed by atoms with Crippen LogP contribution in [0.3, 0.4) is 0 Å². The van der Waals surface area contributed by atoms with Crippen LogP contribution in [0.1, 0.15) is 6.92 Å². The van der Waals surface area contributed by atoms with Crippen LogP contribution in [0.15, 0.2) is 33.8 Å². The van der Waals surface area contributed by atoms with E-state index in [0.29, 0.717) is 10.9 Å². The van der Waals surface area contributed by atoms with Gasteiger partial charge in [-0.15, -0.1) is 0 Å². The van der Waals surface area contributed by atoms with Crippen LogP contribution in [0.2, 0.25) is 0 Å². The predicted molar refractivity (Wildman–Crippen MR) is 65.4 cm³/mol. The number of aromatic nitrogens is 2. The van der Waals surface area contributed by atoms with Gasteiger partial charge in [0.15, 0.2) is 0 Å². The van der Waals surface area contributed by atoms with Crippen LogP contribution in [0, 0.1) is 0 Å². The summed E-state index contributed by atoms with van der Waals surface area (Å²) in [4.78, 5) is 16.2. The lowest BCUT2D eigenvalue weighted by atomic mass is 10.2. The van der Waals surface area contributed by atoms with Crippen molar-refractivity contribution in [2.75, 3.05) is 0 Å². The molecule has 0 spiro atoms. The first-order chi connectivity index (χ1) is 7.58. The molecule has 1 heterocycles. The van der Waals surface area contributed by atoms with E-state index in [2.05, 4.69) is 20.9 Å². The van der Waals surface area contributed by atoms with E-state index in [1.807, 2.05) is 6.07 Å². The summed E-state index contributed by atoms with van der Waals surface area (Å²) >= 11 is 3.32. The molecule has 5 heteroatoms. The van der Waals surface area contributed by atoms with Crippen molar-refractivity contribution in [3.63, 3.8) is 0 Å². The number of rotatable bonds is 2. The number of halogens is 1.